The van der Waals surface area contributed by atoms with E-state index in [4.69, 9.17) is 5.53 Å². The van der Waals surface area contributed by atoms with Crippen LogP contribution < -0.4 is 0 Å². The zero-order valence-corrected chi connectivity index (χ0v) is 6.79. The lowest BCUT2D eigenvalue weighted by Crippen LogP contribution is -1.88. The van der Waals surface area contributed by atoms with Crippen molar-refractivity contribution in [3.63, 3.8) is 0 Å². The Balaban J connectivity index is 2.84. The molecule has 0 aromatic carbocycles. The Bertz CT molecular complexity index is 493. The van der Waals surface area contributed by atoms with Gasteiger partial charge in [0.25, 0.3) is 0 Å². The highest BCUT2D eigenvalue weighted by atomic mass is 15.3. The van der Waals surface area contributed by atoms with Gasteiger partial charge in [-0.15, -0.1) is 10.2 Å². The summed E-state index contributed by atoms with van der Waals surface area (Å²) < 4.78 is 1.71. The lowest BCUT2D eigenvalue weighted by atomic mass is 10.6. The van der Waals surface area contributed by atoms with Crippen molar-refractivity contribution in [1.29, 1.82) is 0 Å². The molecule has 0 radical (unpaired) electrons. The van der Waals surface area contributed by atoms with Crippen LogP contribution in [0.5, 0.6) is 0 Å². The minimum atomic E-state index is 0.241. The molecular formula is C6H5N7. The second-order valence-corrected chi connectivity index (χ2v) is 2.38. The highest BCUT2D eigenvalue weighted by molar-refractivity contribution is 5.57. The third kappa shape index (κ3) is 1.07. The number of nitrogens with zero attached hydrogens (tertiary/aromatic N) is 7. The largest absolute Gasteiger partial charge is 0.283 e. The molecule has 64 valence electrons. The van der Waals surface area contributed by atoms with Crippen LogP contribution in [-0.2, 0) is 0 Å². The minimum absolute atomic E-state index is 0.241. The molecule has 0 bridgehead atoms. The van der Waals surface area contributed by atoms with E-state index in [9.17, 15) is 0 Å². The summed E-state index contributed by atoms with van der Waals surface area (Å²) in [7, 11) is 0. The van der Waals surface area contributed by atoms with Crippen LogP contribution in [0, 0.1) is 6.92 Å². The fraction of sp³-hybridized carbons (Fsp3) is 0.167. The summed E-state index contributed by atoms with van der Waals surface area (Å²) in [6.07, 6.45) is 3.24. The summed E-state index contributed by atoms with van der Waals surface area (Å²) in [6, 6.07) is 0. The third-order valence-corrected chi connectivity index (χ3v) is 1.62. The van der Waals surface area contributed by atoms with E-state index in [1.807, 2.05) is 0 Å². The summed E-state index contributed by atoms with van der Waals surface area (Å²) in [5.41, 5.74) is 8.72. The fourth-order valence-electron chi connectivity index (χ4n) is 1.04. The van der Waals surface area contributed by atoms with Crippen LogP contribution >= 0.6 is 0 Å². The second-order valence-electron chi connectivity index (χ2n) is 2.38. The average Bonchev–Trinajstić information content (AvgIpc) is 2.50. The maximum Gasteiger partial charge on any atom is 0.189 e. The molecule has 2 aromatic heterocycles. The maximum atomic E-state index is 8.25. The monoisotopic (exact) mass is 175 g/mol. The number of azide groups is 1. The van der Waals surface area contributed by atoms with Crippen LogP contribution in [0.1, 0.15) is 5.82 Å². The number of hydrogen-bond donors (Lipinski definition) is 0. The first-order valence-electron chi connectivity index (χ1n) is 3.54. The summed E-state index contributed by atoms with van der Waals surface area (Å²) in [5.74, 6) is 0.970. The van der Waals surface area contributed by atoms with E-state index in [0.717, 1.165) is 5.82 Å². The van der Waals surface area contributed by atoms with Gasteiger partial charge in [0.15, 0.2) is 11.5 Å². The Hall–Kier alpha value is -2.14. The molecule has 13 heavy (non-hydrogen) atoms. The zero-order valence-electron chi connectivity index (χ0n) is 6.79. The standard InChI is InChI=1S/C6H5N7/c1-4-9-11-6-5(10-12-7)8-2-3-13(4)6/h2-3H,1H3. The number of aryl methyl sites for hydroxylation is 1. The molecule has 2 rings (SSSR count). The van der Waals surface area contributed by atoms with Gasteiger partial charge in [0.1, 0.15) is 5.82 Å². The molecule has 7 heteroatoms. The van der Waals surface area contributed by atoms with Crippen LogP contribution in [0.4, 0.5) is 5.82 Å². The van der Waals surface area contributed by atoms with Crippen LogP contribution in [0.3, 0.4) is 0 Å². The summed E-state index contributed by atoms with van der Waals surface area (Å²) in [5, 5.41) is 11.0. The number of rotatable bonds is 1. The Labute approximate surface area is 72.7 Å². The van der Waals surface area contributed by atoms with Crippen molar-refractivity contribution in [2.24, 2.45) is 5.11 Å². The summed E-state index contributed by atoms with van der Waals surface area (Å²) in [6.45, 7) is 1.81. The van der Waals surface area contributed by atoms with Gasteiger partial charge < -0.3 is 0 Å². The molecule has 0 aliphatic heterocycles. The van der Waals surface area contributed by atoms with Crippen LogP contribution in [-0.4, -0.2) is 19.6 Å². The van der Waals surface area contributed by atoms with E-state index < -0.39 is 0 Å². The van der Waals surface area contributed by atoms with Gasteiger partial charge in [0.05, 0.1) is 0 Å². The lowest BCUT2D eigenvalue weighted by Gasteiger charge is -1.94. The van der Waals surface area contributed by atoms with Gasteiger partial charge in [-0.2, -0.15) is 0 Å². The molecule has 0 amide bonds. The van der Waals surface area contributed by atoms with Gasteiger partial charge in [-0.1, -0.05) is 0 Å². The van der Waals surface area contributed by atoms with Crippen LogP contribution in [0.2, 0.25) is 0 Å². The molecule has 7 nitrogen and oxygen atoms in total. The van der Waals surface area contributed by atoms with E-state index in [0.29, 0.717) is 5.65 Å². The zero-order chi connectivity index (χ0) is 9.26. The highest BCUT2D eigenvalue weighted by Crippen LogP contribution is 2.14. The topological polar surface area (TPSA) is 91.8 Å². The first kappa shape index (κ1) is 7.51. The van der Waals surface area contributed by atoms with E-state index in [1.54, 1.807) is 17.5 Å². The molecule has 0 atom stereocenters. The van der Waals surface area contributed by atoms with Crippen molar-refractivity contribution in [2.75, 3.05) is 0 Å². The molecule has 2 aromatic rings. The van der Waals surface area contributed by atoms with E-state index in [2.05, 4.69) is 25.2 Å². The van der Waals surface area contributed by atoms with E-state index in [-0.39, 0.29) is 5.82 Å². The van der Waals surface area contributed by atoms with Crippen molar-refractivity contribution >= 4 is 11.5 Å². The predicted octanol–water partition coefficient (Wildman–Crippen LogP) is 1.37. The quantitative estimate of drug-likeness (QED) is 0.372. The van der Waals surface area contributed by atoms with E-state index in [1.165, 1.54) is 6.20 Å². The molecule has 0 saturated heterocycles. The first-order chi connectivity index (χ1) is 6.33. The Kier molecular flexibility index (Phi) is 1.57. The number of hydrogen-bond acceptors (Lipinski definition) is 4. The third-order valence-electron chi connectivity index (χ3n) is 1.62. The number of aromatic nitrogens is 4. The van der Waals surface area contributed by atoms with Crippen molar-refractivity contribution in [2.45, 2.75) is 6.92 Å². The molecule has 0 N–H and O–H groups in total. The van der Waals surface area contributed by atoms with Crippen molar-refractivity contribution < 1.29 is 0 Å². The molecule has 0 aliphatic rings. The molecular weight excluding hydrogens is 170 g/mol. The van der Waals surface area contributed by atoms with Crippen molar-refractivity contribution in [3.05, 3.63) is 28.7 Å². The van der Waals surface area contributed by atoms with Gasteiger partial charge in [-0.3, -0.25) is 4.40 Å². The highest BCUT2D eigenvalue weighted by Gasteiger charge is 2.04. The molecule has 2 heterocycles. The van der Waals surface area contributed by atoms with Gasteiger partial charge in [0.2, 0.25) is 0 Å². The first-order valence-corrected chi connectivity index (χ1v) is 3.54. The average molecular weight is 175 g/mol. The molecule has 0 aliphatic carbocycles. The molecule has 0 spiro atoms. The number of fused-ring (bicyclic) bond motifs is 1. The summed E-state index contributed by atoms with van der Waals surface area (Å²) >= 11 is 0. The second kappa shape index (κ2) is 2.72. The Morgan fingerprint density at radius 3 is 3.15 bits per heavy atom. The SMILES string of the molecule is Cc1nnc2c(N=[N+]=[N-])nccn12. The predicted molar refractivity (Wildman–Crippen MR) is 44.3 cm³/mol. The minimum Gasteiger partial charge on any atom is -0.283 e. The van der Waals surface area contributed by atoms with Crippen LogP contribution in [0.15, 0.2) is 17.5 Å². The fourth-order valence-corrected chi connectivity index (χ4v) is 1.04. The molecule has 0 saturated carbocycles. The normalized spacial score (nSPS) is 9.92. The van der Waals surface area contributed by atoms with E-state index >= 15 is 0 Å². The Morgan fingerprint density at radius 2 is 2.38 bits per heavy atom. The Morgan fingerprint density at radius 1 is 1.54 bits per heavy atom. The van der Waals surface area contributed by atoms with Crippen molar-refractivity contribution in [3.8, 4) is 0 Å². The van der Waals surface area contributed by atoms with Gasteiger partial charge in [0, 0.05) is 17.3 Å². The maximum absolute atomic E-state index is 8.25. The summed E-state index contributed by atoms with van der Waals surface area (Å²) in [4.78, 5) is 6.51. The molecule has 0 unspecified atom stereocenters. The van der Waals surface area contributed by atoms with Crippen LogP contribution in [0.25, 0.3) is 16.1 Å². The molecule has 0 fully saturated rings. The van der Waals surface area contributed by atoms with Crippen molar-refractivity contribution in [1.82, 2.24) is 19.6 Å². The van der Waals surface area contributed by atoms with Gasteiger partial charge in [-0.25, -0.2) is 4.98 Å². The van der Waals surface area contributed by atoms with Gasteiger partial charge in [-0.05, 0) is 17.6 Å². The lowest BCUT2D eigenvalue weighted by molar-refractivity contribution is 1.00. The smallest absolute Gasteiger partial charge is 0.189 e. The van der Waals surface area contributed by atoms with Gasteiger partial charge >= 0.3 is 0 Å².